The molecule has 134 valence electrons. The van der Waals surface area contributed by atoms with Crippen LogP contribution in [0.5, 0.6) is 0 Å². The molecule has 0 spiro atoms. The van der Waals surface area contributed by atoms with Crippen LogP contribution >= 0.6 is 0 Å². The number of nitrogens with zero attached hydrogens (tertiary/aromatic N) is 2. The van der Waals surface area contributed by atoms with Gasteiger partial charge in [0.2, 0.25) is 5.91 Å². The molecule has 1 aliphatic heterocycles. The van der Waals surface area contributed by atoms with Crippen molar-refractivity contribution in [1.29, 1.82) is 0 Å². The van der Waals surface area contributed by atoms with Crippen molar-refractivity contribution < 1.29 is 4.79 Å². The van der Waals surface area contributed by atoms with Gasteiger partial charge in [-0.25, -0.2) is 0 Å². The van der Waals surface area contributed by atoms with Crippen molar-refractivity contribution in [3.8, 4) is 0 Å². The van der Waals surface area contributed by atoms with Crippen LogP contribution in [0.4, 0.5) is 5.69 Å². The molecule has 2 aromatic rings. The molecule has 0 saturated carbocycles. The molecule has 0 bridgehead atoms. The summed E-state index contributed by atoms with van der Waals surface area (Å²) < 4.78 is 0. The van der Waals surface area contributed by atoms with Crippen LogP contribution in [0.2, 0.25) is 0 Å². The van der Waals surface area contributed by atoms with E-state index in [-0.39, 0.29) is 11.8 Å². The van der Waals surface area contributed by atoms with Gasteiger partial charge in [0.25, 0.3) is 0 Å². The molecule has 5 heteroatoms. The van der Waals surface area contributed by atoms with E-state index in [9.17, 15) is 4.79 Å². The number of benzene rings is 1. The summed E-state index contributed by atoms with van der Waals surface area (Å²) in [6.45, 7) is 8.77. The van der Waals surface area contributed by atoms with Crippen LogP contribution < -0.4 is 10.2 Å². The maximum Gasteiger partial charge on any atom is 0.223 e. The number of aromatic nitrogens is 2. The summed E-state index contributed by atoms with van der Waals surface area (Å²) >= 11 is 0. The maximum absolute atomic E-state index is 12.5. The van der Waals surface area contributed by atoms with Crippen molar-refractivity contribution in [2.45, 2.75) is 46.6 Å². The van der Waals surface area contributed by atoms with Crippen LogP contribution in [0.3, 0.4) is 0 Å². The Morgan fingerprint density at radius 2 is 2.00 bits per heavy atom. The van der Waals surface area contributed by atoms with Crippen LogP contribution in [-0.4, -0.2) is 29.2 Å². The summed E-state index contributed by atoms with van der Waals surface area (Å²) in [4.78, 5) is 15.0. The average molecular weight is 340 g/mol. The van der Waals surface area contributed by atoms with Crippen LogP contribution in [0.15, 0.2) is 24.3 Å². The van der Waals surface area contributed by atoms with Gasteiger partial charge in [0.1, 0.15) is 0 Å². The van der Waals surface area contributed by atoms with Gasteiger partial charge < -0.3 is 10.2 Å². The molecule has 2 N–H and O–H groups in total. The molecule has 2 heterocycles. The number of nitrogens with one attached hydrogen (secondary N) is 2. The minimum absolute atomic E-state index is 0.0750. The summed E-state index contributed by atoms with van der Waals surface area (Å²) in [6, 6.07) is 8.39. The van der Waals surface area contributed by atoms with E-state index in [0.29, 0.717) is 13.0 Å². The Morgan fingerprint density at radius 1 is 1.28 bits per heavy atom. The highest BCUT2D eigenvalue weighted by Gasteiger charge is 2.19. The molecule has 0 radical (unpaired) electrons. The molecule has 1 unspecified atom stereocenters. The van der Waals surface area contributed by atoms with Gasteiger partial charge in [-0.15, -0.1) is 0 Å². The molecule has 25 heavy (non-hydrogen) atoms. The fourth-order valence-electron chi connectivity index (χ4n) is 3.56. The highest BCUT2D eigenvalue weighted by molar-refractivity contribution is 5.78. The van der Waals surface area contributed by atoms with Gasteiger partial charge in [-0.3, -0.25) is 9.89 Å². The van der Waals surface area contributed by atoms with Gasteiger partial charge in [-0.1, -0.05) is 25.1 Å². The van der Waals surface area contributed by atoms with E-state index in [4.69, 9.17) is 0 Å². The second-order valence-corrected chi connectivity index (χ2v) is 7.06. The van der Waals surface area contributed by atoms with Crippen molar-refractivity contribution in [3.63, 3.8) is 0 Å². The molecule has 1 aliphatic rings. The molecular formula is C20H28N4O. The number of hydrogen-bond acceptors (Lipinski definition) is 3. The van der Waals surface area contributed by atoms with E-state index in [1.807, 2.05) is 26.8 Å². The average Bonchev–Trinajstić information content (AvgIpc) is 3.25. The predicted molar refractivity (Wildman–Crippen MR) is 101 cm³/mol. The van der Waals surface area contributed by atoms with E-state index in [1.54, 1.807) is 0 Å². The first-order chi connectivity index (χ1) is 12.1. The first-order valence-electron chi connectivity index (χ1n) is 9.17. The first-order valence-corrected chi connectivity index (χ1v) is 9.17. The topological polar surface area (TPSA) is 61.0 Å². The van der Waals surface area contributed by atoms with Crippen molar-refractivity contribution >= 4 is 11.6 Å². The van der Waals surface area contributed by atoms with Gasteiger partial charge in [0.05, 0.1) is 5.69 Å². The van der Waals surface area contributed by atoms with Gasteiger partial charge in [0, 0.05) is 36.9 Å². The number of anilines is 1. The number of aryl methyl sites for hydroxylation is 2. The summed E-state index contributed by atoms with van der Waals surface area (Å²) in [6.07, 6.45) is 3.22. The quantitative estimate of drug-likeness (QED) is 0.849. The minimum atomic E-state index is -0.0750. The fraction of sp³-hybridized carbons (Fsp3) is 0.500. The van der Waals surface area contributed by atoms with Crippen LogP contribution in [-0.2, 0) is 17.8 Å². The number of amides is 1. The molecule has 1 saturated heterocycles. The number of para-hydroxylation sites is 1. The van der Waals surface area contributed by atoms with Gasteiger partial charge in [-0.2, -0.15) is 5.10 Å². The number of rotatable bonds is 6. The molecule has 1 amide bonds. The van der Waals surface area contributed by atoms with Gasteiger partial charge in [0.15, 0.2) is 0 Å². The Kier molecular flexibility index (Phi) is 5.41. The molecule has 1 fully saturated rings. The Labute approximate surface area is 149 Å². The van der Waals surface area contributed by atoms with E-state index in [1.165, 1.54) is 24.1 Å². The Hall–Kier alpha value is -2.30. The highest BCUT2D eigenvalue weighted by atomic mass is 16.1. The zero-order valence-electron chi connectivity index (χ0n) is 15.4. The predicted octanol–water partition coefficient (Wildman–Crippen LogP) is 3.12. The number of H-pyrrole nitrogens is 1. The summed E-state index contributed by atoms with van der Waals surface area (Å²) in [5.41, 5.74) is 5.64. The zero-order valence-corrected chi connectivity index (χ0v) is 15.4. The van der Waals surface area contributed by atoms with E-state index < -0.39 is 0 Å². The Bertz CT molecular complexity index is 712. The maximum atomic E-state index is 12.5. The van der Waals surface area contributed by atoms with E-state index >= 15 is 0 Å². The standard InChI is InChI=1S/C20H28N4O/c1-14(12-18-15(2)22-23-16(18)3)20(25)21-13-17-8-4-5-9-19(17)24-10-6-7-11-24/h4-5,8-9,14H,6-7,10-13H2,1-3H3,(H,21,25)(H,22,23). The lowest BCUT2D eigenvalue weighted by atomic mass is 9.99. The highest BCUT2D eigenvalue weighted by Crippen LogP contribution is 2.24. The number of aromatic amines is 1. The second-order valence-electron chi connectivity index (χ2n) is 7.06. The lowest BCUT2D eigenvalue weighted by molar-refractivity contribution is -0.124. The van der Waals surface area contributed by atoms with Crippen molar-refractivity contribution in [1.82, 2.24) is 15.5 Å². The normalized spacial score (nSPS) is 15.4. The molecule has 3 rings (SSSR count). The minimum Gasteiger partial charge on any atom is -0.371 e. The summed E-state index contributed by atoms with van der Waals surface area (Å²) in [5, 5.41) is 10.3. The smallest absolute Gasteiger partial charge is 0.223 e. The molecule has 1 aromatic heterocycles. The molecule has 5 nitrogen and oxygen atoms in total. The van der Waals surface area contributed by atoms with Gasteiger partial charge >= 0.3 is 0 Å². The third-order valence-corrected chi connectivity index (χ3v) is 5.13. The largest absolute Gasteiger partial charge is 0.371 e. The SMILES string of the molecule is Cc1n[nH]c(C)c1CC(C)C(=O)NCc1ccccc1N1CCCC1. The van der Waals surface area contributed by atoms with Crippen molar-refractivity contribution in [3.05, 3.63) is 46.8 Å². The third-order valence-electron chi connectivity index (χ3n) is 5.13. The number of hydrogen-bond donors (Lipinski definition) is 2. The summed E-state index contributed by atoms with van der Waals surface area (Å²) in [7, 11) is 0. The summed E-state index contributed by atoms with van der Waals surface area (Å²) in [5.74, 6) is 0.0187. The fourth-order valence-corrected chi connectivity index (χ4v) is 3.56. The monoisotopic (exact) mass is 340 g/mol. The molecular weight excluding hydrogens is 312 g/mol. The molecule has 1 aromatic carbocycles. The molecule has 0 aliphatic carbocycles. The number of carbonyl (C=O) groups is 1. The zero-order chi connectivity index (χ0) is 17.8. The van der Waals surface area contributed by atoms with E-state index in [2.05, 4.69) is 38.6 Å². The second kappa shape index (κ2) is 7.72. The van der Waals surface area contributed by atoms with Crippen molar-refractivity contribution in [2.24, 2.45) is 5.92 Å². The van der Waals surface area contributed by atoms with Crippen LogP contribution in [0, 0.1) is 19.8 Å². The van der Waals surface area contributed by atoms with Crippen LogP contribution in [0.1, 0.15) is 42.3 Å². The number of carbonyl (C=O) groups excluding carboxylic acids is 1. The van der Waals surface area contributed by atoms with Crippen molar-refractivity contribution in [2.75, 3.05) is 18.0 Å². The first kappa shape index (κ1) is 17.5. The van der Waals surface area contributed by atoms with Crippen LogP contribution in [0.25, 0.3) is 0 Å². The lowest BCUT2D eigenvalue weighted by Gasteiger charge is -2.22. The Balaban J connectivity index is 1.60. The van der Waals surface area contributed by atoms with Gasteiger partial charge in [-0.05, 0) is 50.3 Å². The lowest BCUT2D eigenvalue weighted by Crippen LogP contribution is -2.31. The third kappa shape index (κ3) is 4.03. The Morgan fingerprint density at radius 3 is 2.68 bits per heavy atom. The van der Waals surface area contributed by atoms with E-state index in [0.717, 1.165) is 30.0 Å². The molecule has 1 atom stereocenters.